The Morgan fingerprint density at radius 3 is 2.58 bits per heavy atom. The minimum Gasteiger partial charge on any atom is -0.497 e. The van der Waals surface area contributed by atoms with E-state index in [1.54, 1.807) is 20.1 Å². The van der Waals surface area contributed by atoms with E-state index in [0.29, 0.717) is 18.0 Å². The average molecular weight is 373 g/mol. The minimum absolute atomic E-state index is 0.0415. The van der Waals surface area contributed by atoms with Crippen LogP contribution in [-0.2, 0) is 4.79 Å². The third-order valence-corrected chi connectivity index (χ3v) is 5.34. The Hall–Kier alpha value is -2.54. The van der Waals surface area contributed by atoms with Gasteiger partial charge in [-0.3, -0.25) is 9.59 Å². The first-order valence-electron chi connectivity index (χ1n) is 8.60. The highest BCUT2D eigenvalue weighted by Crippen LogP contribution is 2.22. The van der Waals surface area contributed by atoms with E-state index >= 15 is 0 Å². The fourth-order valence-corrected chi connectivity index (χ4v) is 3.63. The summed E-state index contributed by atoms with van der Waals surface area (Å²) in [6.07, 6.45) is 0. The number of ether oxygens (including phenoxy) is 1. The van der Waals surface area contributed by atoms with E-state index in [4.69, 9.17) is 4.74 Å². The van der Waals surface area contributed by atoms with E-state index < -0.39 is 6.04 Å². The lowest BCUT2D eigenvalue weighted by Crippen LogP contribution is -2.54. The number of methoxy groups -OCH3 is 1. The Labute approximate surface area is 157 Å². The minimum atomic E-state index is -0.534. The predicted octanol–water partition coefficient (Wildman–Crippen LogP) is 2.22. The van der Waals surface area contributed by atoms with Gasteiger partial charge in [-0.25, -0.2) is 0 Å². The van der Waals surface area contributed by atoms with Crippen LogP contribution in [-0.4, -0.2) is 56.0 Å². The van der Waals surface area contributed by atoms with Gasteiger partial charge in [0.2, 0.25) is 5.91 Å². The molecule has 138 valence electrons. The summed E-state index contributed by atoms with van der Waals surface area (Å²) >= 11 is 1.37. The first-order chi connectivity index (χ1) is 12.6. The number of thiophene rings is 1. The molecule has 0 bridgehead atoms. The molecule has 26 heavy (non-hydrogen) atoms. The van der Waals surface area contributed by atoms with Crippen molar-refractivity contribution in [1.82, 2.24) is 10.2 Å². The lowest BCUT2D eigenvalue weighted by molar-refractivity contribution is -0.133. The number of nitrogens with zero attached hydrogens (tertiary/aromatic N) is 2. The SMILES string of the molecule is COc1cccc(N2CCN(C(=O)C(C)NC(=O)c3cccs3)CC2)c1. The van der Waals surface area contributed by atoms with Crippen molar-refractivity contribution in [2.24, 2.45) is 0 Å². The number of piperazine rings is 1. The number of nitrogens with one attached hydrogen (secondary N) is 1. The van der Waals surface area contributed by atoms with Crippen molar-refractivity contribution in [2.45, 2.75) is 13.0 Å². The van der Waals surface area contributed by atoms with Crippen LogP contribution in [0.25, 0.3) is 0 Å². The summed E-state index contributed by atoms with van der Waals surface area (Å²) in [7, 11) is 1.65. The Kier molecular flexibility index (Phi) is 5.78. The molecule has 7 heteroatoms. The van der Waals surface area contributed by atoms with Crippen LogP contribution in [0.2, 0.25) is 0 Å². The third kappa shape index (κ3) is 4.16. The lowest BCUT2D eigenvalue weighted by atomic mass is 10.2. The van der Waals surface area contributed by atoms with Gasteiger partial charge in [-0.1, -0.05) is 12.1 Å². The number of benzene rings is 1. The summed E-state index contributed by atoms with van der Waals surface area (Å²) in [5.41, 5.74) is 1.09. The highest BCUT2D eigenvalue weighted by Gasteiger charge is 2.26. The molecule has 1 N–H and O–H groups in total. The quantitative estimate of drug-likeness (QED) is 0.873. The van der Waals surface area contributed by atoms with Crippen LogP contribution in [0.4, 0.5) is 5.69 Å². The number of hydrogen-bond donors (Lipinski definition) is 1. The zero-order valence-electron chi connectivity index (χ0n) is 15.0. The Bertz CT molecular complexity index is 755. The van der Waals surface area contributed by atoms with Gasteiger partial charge < -0.3 is 19.9 Å². The summed E-state index contributed by atoms with van der Waals surface area (Å²) in [6, 6.07) is 11.0. The Balaban J connectivity index is 1.53. The van der Waals surface area contributed by atoms with Gasteiger partial charge in [0.15, 0.2) is 0 Å². The third-order valence-electron chi connectivity index (χ3n) is 4.47. The number of amides is 2. The summed E-state index contributed by atoms with van der Waals surface area (Å²) in [6.45, 7) is 4.52. The van der Waals surface area contributed by atoms with Crippen LogP contribution in [0, 0.1) is 0 Å². The van der Waals surface area contributed by atoms with Crippen molar-refractivity contribution in [3.63, 3.8) is 0 Å². The molecule has 0 spiro atoms. The molecule has 1 aromatic heterocycles. The van der Waals surface area contributed by atoms with Crippen molar-refractivity contribution in [3.8, 4) is 5.75 Å². The molecule has 3 rings (SSSR count). The molecular weight excluding hydrogens is 350 g/mol. The smallest absolute Gasteiger partial charge is 0.261 e. The zero-order chi connectivity index (χ0) is 18.5. The molecule has 1 unspecified atom stereocenters. The molecule has 2 amide bonds. The van der Waals surface area contributed by atoms with E-state index in [1.165, 1.54) is 11.3 Å². The number of rotatable bonds is 5. The lowest BCUT2D eigenvalue weighted by Gasteiger charge is -2.37. The van der Waals surface area contributed by atoms with E-state index in [0.717, 1.165) is 24.5 Å². The molecule has 2 heterocycles. The molecule has 2 aromatic rings. The van der Waals surface area contributed by atoms with Gasteiger partial charge in [0, 0.05) is 37.9 Å². The van der Waals surface area contributed by atoms with Crippen LogP contribution >= 0.6 is 11.3 Å². The van der Waals surface area contributed by atoms with Crippen LogP contribution in [0.3, 0.4) is 0 Å². The second-order valence-corrected chi connectivity index (χ2v) is 7.13. The second-order valence-electron chi connectivity index (χ2n) is 6.19. The molecule has 1 atom stereocenters. The predicted molar refractivity (Wildman–Crippen MR) is 103 cm³/mol. The normalized spacial score (nSPS) is 15.5. The molecule has 6 nitrogen and oxygen atoms in total. The zero-order valence-corrected chi connectivity index (χ0v) is 15.8. The highest BCUT2D eigenvalue weighted by atomic mass is 32.1. The molecular formula is C19H23N3O3S. The van der Waals surface area contributed by atoms with E-state index in [1.807, 2.05) is 40.6 Å². The largest absolute Gasteiger partial charge is 0.497 e. The molecule has 1 saturated heterocycles. The summed E-state index contributed by atoms with van der Waals surface area (Å²) in [5.74, 6) is 0.585. The van der Waals surface area contributed by atoms with Gasteiger partial charge >= 0.3 is 0 Å². The first-order valence-corrected chi connectivity index (χ1v) is 9.48. The first kappa shape index (κ1) is 18.3. The van der Waals surface area contributed by atoms with Crippen LogP contribution in [0.5, 0.6) is 5.75 Å². The van der Waals surface area contributed by atoms with E-state index in [-0.39, 0.29) is 11.8 Å². The number of hydrogen-bond acceptors (Lipinski definition) is 5. The second kappa shape index (κ2) is 8.23. The molecule has 1 fully saturated rings. The molecule has 1 aromatic carbocycles. The maximum atomic E-state index is 12.6. The van der Waals surface area contributed by atoms with Gasteiger partial charge in [0.05, 0.1) is 12.0 Å². The molecule has 1 aliphatic heterocycles. The van der Waals surface area contributed by atoms with E-state index in [2.05, 4.69) is 10.2 Å². The van der Waals surface area contributed by atoms with Crippen LogP contribution < -0.4 is 15.0 Å². The van der Waals surface area contributed by atoms with Gasteiger partial charge in [0.25, 0.3) is 5.91 Å². The number of carbonyl (C=O) groups is 2. The van der Waals surface area contributed by atoms with Crippen molar-refractivity contribution in [2.75, 3.05) is 38.2 Å². The summed E-state index contributed by atoms with van der Waals surface area (Å²) in [4.78, 5) is 29.4. The fraction of sp³-hybridized carbons (Fsp3) is 0.368. The van der Waals surface area contributed by atoms with Gasteiger partial charge in [-0.15, -0.1) is 11.3 Å². The van der Waals surface area contributed by atoms with Crippen molar-refractivity contribution < 1.29 is 14.3 Å². The van der Waals surface area contributed by atoms with Gasteiger partial charge in [0.1, 0.15) is 11.8 Å². The van der Waals surface area contributed by atoms with Crippen molar-refractivity contribution in [3.05, 3.63) is 46.7 Å². The highest BCUT2D eigenvalue weighted by molar-refractivity contribution is 7.12. The van der Waals surface area contributed by atoms with Gasteiger partial charge in [-0.05, 0) is 30.5 Å². The maximum absolute atomic E-state index is 12.6. The molecule has 0 saturated carbocycles. The Morgan fingerprint density at radius 2 is 1.92 bits per heavy atom. The van der Waals surface area contributed by atoms with E-state index in [9.17, 15) is 9.59 Å². The monoisotopic (exact) mass is 373 g/mol. The number of carbonyl (C=O) groups excluding carboxylic acids is 2. The topological polar surface area (TPSA) is 61.9 Å². The number of anilines is 1. The molecule has 0 aliphatic carbocycles. The van der Waals surface area contributed by atoms with Crippen LogP contribution in [0.15, 0.2) is 41.8 Å². The van der Waals surface area contributed by atoms with Crippen LogP contribution in [0.1, 0.15) is 16.6 Å². The Morgan fingerprint density at radius 1 is 1.15 bits per heavy atom. The fourth-order valence-electron chi connectivity index (χ4n) is 3.00. The standard InChI is InChI=1S/C19H23N3O3S/c1-14(20-18(23)17-7-4-12-26-17)19(24)22-10-8-21(9-11-22)15-5-3-6-16(13-15)25-2/h3-7,12-14H,8-11H2,1-2H3,(H,20,23). The molecule has 1 aliphatic rings. The average Bonchev–Trinajstić information content (AvgIpc) is 3.22. The van der Waals surface area contributed by atoms with Crippen molar-refractivity contribution >= 4 is 28.8 Å². The van der Waals surface area contributed by atoms with Gasteiger partial charge in [-0.2, -0.15) is 0 Å². The maximum Gasteiger partial charge on any atom is 0.261 e. The van der Waals surface area contributed by atoms with Crippen molar-refractivity contribution in [1.29, 1.82) is 0 Å². The molecule has 0 radical (unpaired) electrons. The summed E-state index contributed by atoms with van der Waals surface area (Å²) < 4.78 is 5.27. The summed E-state index contributed by atoms with van der Waals surface area (Å²) in [5, 5.41) is 4.63.